The van der Waals surface area contributed by atoms with Crippen molar-refractivity contribution in [2.24, 2.45) is 5.92 Å². The summed E-state index contributed by atoms with van der Waals surface area (Å²) in [7, 11) is 0. The lowest BCUT2D eigenvalue weighted by Crippen LogP contribution is -2.31. The van der Waals surface area contributed by atoms with Crippen molar-refractivity contribution in [1.29, 1.82) is 0 Å². The van der Waals surface area contributed by atoms with Gasteiger partial charge < -0.3 is 5.32 Å². The second kappa shape index (κ2) is 6.07. The van der Waals surface area contributed by atoms with Crippen molar-refractivity contribution >= 4 is 33.4 Å². The number of carbonyl (C=O) groups is 1. The fourth-order valence-electron chi connectivity index (χ4n) is 2.28. The van der Waals surface area contributed by atoms with Gasteiger partial charge in [0.15, 0.2) is 0 Å². The molecule has 1 N–H and O–H groups in total. The Labute approximate surface area is 121 Å². The molecular formula is C14H17BrClNO. The van der Waals surface area contributed by atoms with Gasteiger partial charge in [0.2, 0.25) is 0 Å². The lowest BCUT2D eigenvalue weighted by Gasteiger charge is -2.14. The van der Waals surface area contributed by atoms with Crippen molar-refractivity contribution in [3.63, 3.8) is 0 Å². The Morgan fingerprint density at radius 3 is 2.89 bits per heavy atom. The van der Waals surface area contributed by atoms with Crippen LogP contribution in [0.15, 0.2) is 22.7 Å². The number of hydrogen-bond acceptors (Lipinski definition) is 1. The second-order valence-corrected chi connectivity index (χ2v) is 6.30. The summed E-state index contributed by atoms with van der Waals surface area (Å²) in [5, 5.41) is 3.19. The molecule has 0 aliphatic heterocycles. The van der Waals surface area contributed by atoms with Gasteiger partial charge >= 0.3 is 0 Å². The summed E-state index contributed by atoms with van der Waals surface area (Å²) >= 11 is 9.64. The topological polar surface area (TPSA) is 29.1 Å². The molecule has 2 rings (SSSR count). The maximum Gasteiger partial charge on any atom is 0.251 e. The zero-order chi connectivity index (χ0) is 13.1. The molecule has 1 fully saturated rings. The highest BCUT2D eigenvalue weighted by atomic mass is 79.9. The lowest BCUT2D eigenvalue weighted by molar-refractivity contribution is 0.0947. The van der Waals surface area contributed by atoms with Crippen LogP contribution >= 0.6 is 27.5 Å². The molecule has 0 radical (unpaired) electrons. The number of hydrogen-bond donors (Lipinski definition) is 1. The van der Waals surface area contributed by atoms with E-state index in [2.05, 4.69) is 21.2 Å². The summed E-state index contributed by atoms with van der Waals surface area (Å²) in [6.07, 6.45) is 3.36. The monoisotopic (exact) mass is 329 g/mol. The van der Waals surface area contributed by atoms with Crippen LogP contribution in [0.25, 0.3) is 0 Å². The van der Waals surface area contributed by atoms with Crippen LogP contribution in [0, 0.1) is 12.8 Å². The normalized spacial score (nSPS) is 23.1. The number of halogens is 2. The quantitative estimate of drug-likeness (QED) is 0.837. The molecule has 98 valence electrons. The van der Waals surface area contributed by atoms with E-state index in [1.54, 1.807) is 0 Å². The standard InChI is InChI=1S/C14H17BrClNO/c1-9-5-6-10(7-12(9)15)14(18)17-8-11-3-2-4-13(11)16/h5-7,11,13H,2-4,8H2,1H3,(H,17,18). The second-order valence-electron chi connectivity index (χ2n) is 4.88. The van der Waals surface area contributed by atoms with E-state index in [9.17, 15) is 4.79 Å². The molecule has 1 amide bonds. The fraction of sp³-hybridized carbons (Fsp3) is 0.500. The zero-order valence-electron chi connectivity index (χ0n) is 10.4. The van der Waals surface area contributed by atoms with Crippen LogP contribution in [-0.2, 0) is 0 Å². The predicted molar refractivity (Wildman–Crippen MR) is 78.2 cm³/mol. The van der Waals surface area contributed by atoms with E-state index in [-0.39, 0.29) is 11.3 Å². The van der Waals surface area contributed by atoms with Gasteiger partial charge in [-0.2, -0.15) is 0 Å². The molecule has 4 heteroatoms. The minimum Gasteiger partial charge on any atom is -0.352 e. The number of alkyl halides is 1. The maximum absolute atomic E-state index is 12.0. The molecule has 1 aromatic rings. The van der Waals surface area contributed by atoms with Crippen LogP contribution < -0.4 is 5.32 Å². The van der Waals surface area contributed by atoms with Crippen LogP contribution in [0.5, 0.6) is 0 Å². The molecule has 2 atom stereocenters. The van der Waals surface area contributed by atoms with E-state index in [1.807, 2.05) is 25.1 Å². The van der Waals surface area contributed by atoms with Gasteiger partial charge in [-0.3, -0.25) is 4.79 Å². The molecule has 2 unspecified atom stereocenters. The van der Waals surface area contributed by atoms with Crippen molar-refractivity contribution in [3.8, 4) is 0 Å². The third-order valence-electron chi connectivity index (χ3n) is 3.53. The Balaban J connectivity index is 1.93. The van der Waals surface area contributed by atoms with Gasteiger partial charge in [0.1, 0.15) is 0 Å². The predicted octanol–water partition coefficient (Wildman–Crippen LogP) is 3.89. The molecule has 0 heterocycles. The number of rotatable bonds is 3. The Kier molecular flexibility index (Phi) is 4.68. The van der Waals surface area contributed by atoms with E-state index in [0.717, 1.165) is 22.9 Å². The van der Waals surface area contributed by atoms with Crippen LogP contribution in [0.2, 0.25) is 0 Å². The first kappa shape index (κ1) is 13.9. The van der Waals surface area contributed by atoms with Gasteiger partial charge in [-0.05, 0) is 43.4 Å². The van der Waals surface area contributed by atoms with Crippen molar-refractivity contribution in [3.05, 3.63) is 33.8 Å². The lowest BCUT2D eigenvalue weighted by atomic mass is 10.1. The van der Waals surface area contributed by atoms with Crippen LogP contribution in [0.1, 0.15) is 35.2 Å². The summed E-state index contributed by atoms with van der Waals surface area (Å²) in [6.45, 7) is 2.68. The first-order valence-electron chi connectivity index (χ1n) is 6.26. The van der Waals surface area contributed by atoms with Gasteiger partial charge in [0.25, 0.3) is 5.91 Å². The Morgan fingerprint density at radius 1 is 1.50 bits per heavy atom. The number of aryl methyl sites for hydroxylation is 1. The smallest absolute Gasteiger partial charge is 0.251 e. The molecule has 0 bridgehead atoms. The molecule has 18 heavy (non-hydrogen) atoms. The average molecular weight is 331 g/mol. The minimum atomic E-state index is -0.0218. The highest BCUT2D eigenvalue weighted by Crippen LogP contribution is 2.29. The molecule has 2 nitrogen and oxygen atoms in total. The molecule has 1 aromatic carbocycles. The van der Waals surface area contributed by atoms with Crippen LogP contribution in [0.3, 0.4) is 0 Å². The minimum absolute atomic E-state index is 0.0218. The first-order chi connectivity index (χ1) is 8.58. The third-order valence-corrected chi connectivity index (χ3v) is 4.95. The fourth-order valence-corrected chi connectivity index (χ4v) is 3.03. The molecule has 1 aliphatic carbocycles. The number of benzene rings is 1. The van der Waals surface area contributed by atoms with E-state index in [4.69, 9.17) is 11.6 Å². The van der Waals surface area contributed by atoms with E-state index in [1.165, 1.54) is 6.42 Å². The Morgan fingerprint density at radius 2 is 2.28 bits per heavy atom. The first-order valence-corrected chi connectivity index (χ1v) is 7.49. The summed E-state index contributed by atoms with van der Waals surface area (Å²) in [5.41, 5.74) is 1.82. The highest BCUT2D eigenvalue weighted by Gasteiger charge is 2.25. The SMILES string of the molecule is Cc1ccc(C(=O)NCC2CCCC2Cl)cc1Br. The maximum atomic E-state index is 12.0. The van der Waals surface area contributed by atoms with Gasteiger partial charge in [-0.1, -0.05) is 28.4 Å². The highest BCUT2D eigenvalue weighted by molar-refractivity contribution is 9.10. The molecule has 1 aliphatic rings. The molecule has 1 saturated carbocycles. The van der Waals surface area contributed by atoms with Crippen molar-refractivity contribution < 1.29 is 4.79 Å². The van der Waals surface area contributed by atoms with Gasteiger partial charge in [-0.25, -0.2) is 0 Å². The van der Waals surface area contributed by atoms with Crippen molar-refractivity contribution in [2.75, 3.05) is 6.54 Å². The molecule has 0 spiro atoms. The van der Waals surface area contributed by atoms with Gasteiger partial charge in [0, 0.05) is 22.0 Å². The van der Waals surface area contributed by atoms with E-state index in [0.29, 0.717) is 18.0 Å². The number of amides is 1. The summed E-state index contributed by atoms with van der Waals surface area (Å²) in [6, 6.07) is 5.65. The van der Waals surface area contributed by atoms with Gasteiger partial charge in [0.05, 0.1) is 0 Å². The van der Waals surface area contributed by atoms with Crippen LogP contribution in [0.4, 0.5) is 0 Å². The van der Waals surface area contributed by atoms with E-state index < -0.39 is 0 Å². The van der Waals surface area contributed by atoms with Crippen molar-refractivity contribution in [2.45, 2.75) is 31.6 Å². The Hall–Kier alpha value is -0.540. The van der Waals surface area contributed by atoms with Crippen molar-refractivity contribution in [1.82, 2.24) is 5.32 Å². The summed E-state index contributed by atoms with van der Waals surface area (Å²) in [5.74, 6) is 0.399. The Bertz CT molecular complexity index is 449. The molecule has 0 saturated heterocycles. The largest absolute Gasteiger partial charge is 0.352 e. The summed E-state index contributed by atoms with van der Waals surface area (Å²) < 4.78 is 0.964. The third kappa shape index (κ3) is 3.27. The zero-order valence-corrected chi connectivity index (χ0v) is 12.7. The average Bonchev–Trinajstić information content (AvgIpc) is 2.75. The number of carbonyl (C=O) groups excluding carboxylic acids is 1. The molecule has 0 aromatic heterocycles. The van der Waals surface area contributed by atoms with Crippen LogP contribution in [-0.4, -0.2) is 17.8 Å². The summed E-state index contributed by atoms with van der Waals surface area (Å²) in [4.78, 5) is 12.0. The van der Waals surface area contributed by atoms with Gasteiger partial charge in [-0.15, -0.1) is 11.6 Å². The molecular weight excluding hydrogens is 314 g/mol. The number of nitrogens with one attached hydrogen (secondary N) is 1. The van der Waals surface area contributed by atoms with E-state index >= 15 is 0 Å².